The first-order valence-corrected chi connectivity index (χ1v) is 7.30. The predicted molar refractivity (Wildman–Crippen MR) is 92.5 cm³/mol. The molecular weight excluding hydrogens is 298 g/mol. The van der Waals surface area contributed by atoms with Gasteiger partial charge in [0.15, 0.2) is 0 Å². The number of hydrogen-bond donors (Lipinski definition) is 2. The maximum Gasteiger partial charge on any atom is 0.119 e. The van der Waals surface area contributed by atoms with Crippen molar-refractivity contribution in [2.45, 2.75) is 38.5 Å². The van der Waals surface area contributed by atoms with Crippen molar-refractivity contribution in [1.82, 2.24) is 0 Å². The van der Waals surface area contributed by atoms with Gasteiger partial charge in [0.1, 0.15) is 5.75 Å². The molecule has 3 nitrogen and oxygen atoms in total. The Morgan fingerprint density at radius 2 is 1.59 bits per heavy atom. The second kappa shape index (κ2) is 8.79. The molecule has 0 aliphatic rings. The Morgan fingerprint density at radius 1 is 1.00 bits per heavy atom. The summed E-state index contributed by atoms with van der Waals surface area (Å²) in [6.45, 7) is 3.98. The number of hydrogen-bond acceptors (Lipinski definition) is 3. The molecule has 0 unspecified atom stereocenters. The summed E-state index contributed by atoms with van der Waals surface area (Å²) in [5.41, 5.74) is 8.14. The number of rotatable bonds is 6. The zero-order valence-electron chi connectivity index (χ0n) is 13.0. The Balaban J connectivity index is 0.00000242. The molecule has 0 aromatic heterocycles. The highest BCUT2D eigenvalue weighted by Crippen LogP contribution is 2.21. The smallest absolute Gasteiger partial charge is 0.119 e. The number of aliphatic hydroxyl groups is 1. The Bertz CT molecular complexity index is 543. The van der Waals surface area contributed by atoms with E-state index in [-0.39, 0.29) is 18.5 Å². The van der Waals surface area contributed by atoms with Crippen LogP contribution in [-0.2, 0) is 6.42 Å². The average Bonchev–Trinajstić information content (AvgIpc) is 2.47. The summed E-state index contributed by atoms with van der Waals surface area (Å²) in [4.78, 5) is 0. The largest absolute Gasteiger partial charge is 0.491 e. The lowest BCUT2D eigenvalue weighted by Crippen LogP contribution is -2.28. The molecular formula is C18H24ClNO2. The summed E-state index contributed by atoms with van der Waals surface area (Å²) in [6.07, 6.45) is 0.0872. The normalized spacial score (nSPS) is 13.3. The van der Waals surface area contributed by atoms with Gasteiger partial charge >= 0.3 is 0 Å². The summed E-state index contributed by atoms with van der Waals surface area (Å²) in [5, 5.41) is 10.3. The topological polar surface area (TPSA) is 55.5 Å². The van der Waals surface area contributed by atoms with Gasteiger partial charge in [0.05, 0.1) is 18.2 Å². The van der Waals surface area contributed by atoms with Crippen LogP contribution >= 0.6 is 12.4 Å². The minimum absolute atomic E-state index is 0. The Hall–Kier alpha value is -1.55. The van der Waals surface area contributed by atoms with Crippen LogP contribution in [0.2, 0.25) is 0 Å². The molecule has 22 heavy (non-hydrogen) atoms. The van der Waals surface area contributed by atoms with E-state index in [9.17, 15) is 5.11 Å². The van der Waals surface area contributed by atoms with Crippen LogP contribution in [-0.4, -0.2) is 17.3 Å². The van der Waals surface area contributed by atoms with E-state index < -0.39 is 12.1 Å². The summed E-state index contributed by atoms with van der Waals surface area (Å²) < 4.78 is 5.60. The van der Waals surface area contributed by atoms with Crippen molar-refractivity contribution >= 4 is 12.4 Å². The molecule has 0 fully saturated rings. The van der Waals surface area contributed by atoms with E-state index in [4.69, 9.17) is 10.5 Å². The SMILES string of the molecule is CC(C)Oc1ccc([C@H](N)[C@H](O)Cc2ccccc2)cc1.Cl. The molecule has 2 aromatic rings. The zero-order valence-corrected chi connectivity index (χ0v) is 13.8. The molecule has 4 heteroatoms. The first-order chi connectivity index (χ1) is 10.1. The molecule has 2 rings (SSSR count). The number of benzene rings is 2. The van der Waals surface area contributed by atoms with Gasteiger partial charge < -0.3 is 15.6 Å². The molecule has 3 N–H and O–H groups in total. The molecule has 2 atom stereocenters. The van der Waals surface area contributed by atoms with Crippen LogP contribution in [0, 0.1) is 0 Å². The Kier molecular flexibility index (Phi) is 7.39. The molecule has 0 spiro atoms. The Labute approximate surface area is 138 Å². The second-order valence-electron chi connectivity index (χ2n) is 5.52. The highest BCUT2D eigenvalue weighted by atomic mass is 35.5. The van der Waals surface area contributed by atoms with Crippen molar-refractivity contribution in [3.05, 3.63) is 65.7 Å². The summed E-state index contributed by atoms with van der Waals surface area (Å²) in [7, 11) is 0. The maximum absolute atomic E-state index is 10.3. The van der Waals surface area contributed by atoms with Gasteiger partial charge in [0.2, 0.25) is 0 Å². The van der Waals surface area contributed by atoms with Gasteiger partial charge in [-0.25, -0.2) is 0 Å². The fourth-order valence-electron chi connectivity index (χ4n) is 2.25. The van der Waals surface area contributed by atoms with Crippen molar-refractivity contribution in [3.63, 3.8) is 0 Å². The van der Waals surface area contributed by atoms with E-state index in [1.54, 1.807) is 0 Å². The molecule has 0 aliphatic heterocycles. The fraction of sp³-hybridized carbons (Fsp3) is 0.333. The number of aliphatic hydroxyl groups excluding tert-OH is 1. The lowest BCUT2D eigenvalue weighted by Gasteiger charge is -2.20. The molecule has 0 bridgehead atoms. The van der Waals surface area contributed by atoms with E-state index in [1.807, 2.05) is 68.4 Å². The van der Waals surface area contributed by atoms with Gasteiger partial charge in [0.25, 0.3) is 0 Å². The van der Waals surface area contributed by atoms with Gasteiger partial charge in [-0.05, 0) is 37.1 Å². The van der Waals surface area contributed by atoms with Gasteiger partial charge in [-0.2, -0.15) is 0 Å². The van der Waals surface area contributed by atoms with Crippen molar-refractivity contribution in [2.75, 3.05) is 0 Å². The van der Waals surface area contributed by atoms with E-state index in [2.05, 4.69) is 0 Å². The van der Waals surface area contributed by atoms with Crippen molar-refractivity contribution in [1.29, 1.82) is 0 Å². The second-order valence-corrected chi connectivity index (χ2v) is 5.52. The van der Waals surface area contributed by atoms with Gasteiger partial charge in [-0.15, -0.1) is 12.4 Å². The summed E-state index contributed by atoms with van der Waals surface area (Å²) >= 11 is 0. The molecule has 0 aliphatic carbocycles. The number of ether oxygens (including phenoxy) is 1. The predicted octanol–water partition coefficient (Wildman–Crippen LogP) is 3.50. The number of nitrogens with two attached hydrogens (primary N) is 1. The van der Waals surface area contributed by atoms with Crippen LogP contribution in [0.1, 0.15) is 31.0 Å². The van der Waals surface area contributed by atoms with Gasteiger partial charge in [0, 0.05) is 6.42 Å². The quantitative estimate of drug-likeness (QED) is 0.856. The minimum atomic E-state index is -0.607. The third-order valence-electron chi connectivity index (χ3n) is 3.34. The zero-order chi connectivity index (χ0) is 15.2. The van der Waals surface area contributed by atoms with Crippen LogP contribution in [0.5, 0.6) is 5.75 Å². The monoisotopic (exact) mass is 321 g/mol. The van der Waals surface area contributed by atoms with E-state index >= 15 is 0 Å². The van der Waals surface area contributed by atoms with Crippen LogP contribution in [0.4, 0.5) is 0 Å². The first kappa shape index (κ1) is 18.5. The standard InChI is InChI=1S/C18H23NO2.ClH/c1-13(2)21-16-10-8-15(9-11-16)18(19)17(20)12-14-6-4-3-5-7-14;/h3-11,13,17-18,20H,12,19H2,1-2H3;1H/t17-,18+;/m1./s1. The van der Waals surface area contributed by atoms with Crippen molar-refractivity contribution in [2.24, 2.45) is 5.73 Å². The van der Waals surface area contributed by atoms with Crippen LogP contribution in [0.25, 0.3) is 0 Å². The fourth-order valence-corrected chi connectivity index (χ4v) is 2.25. The number of halogens is 1. The van der Waals surface area contributed by atoms with Crippen LogP contribution in [0.3, 0.4) is 0 Å². The lowest BCUT2D eigenvalue weighted by atomic mass is 9.97. The first-order valence-electron chi connectivity index (χ1n) is 7.30. The van der Waals surface area contributed by atoms with Crippen LogP contribution in [0.15, 0.2) is 54.6 Å². The summed E-state index contributed by atoms with van der Waals surface area (Å²) in [6, 6.07) is 17.1. The maximum atomic E-state index is 10.3. The average molecular weight is 322 g/mol. The lowest BCUT2D eigenvalue weighted by molar-refractivity contribution is 0.145. The molecule has 0 saturated carbocycles. The van der Waals surface area contributed by atoms with Crippen LogP contribution < -0.4 is 10.5 Å². The highest BCUT2D eigenvalue weighted by molar-refractivity contribution is 5.85. The Morgan fingerprint density at radius 3 is 2.14 bits per heavy atom. The van der Waals surface area contributed by atoms with Crippen molar-refractivity contribution in [3.8, 4) is 5.75 Å². The highest BCUT2D eigenvalue weighted by Gasteiger charge is 2.17. The summed E-state index contributed by atoms with van der Waals surface area (Å²) in [5.74, 6) is 0.818. The van der Waals surface area contributed by atoms with E-state index in [0.717, 1.165) is 16.9 Å². The minimum Gasteiger partial charge on any atom is -0.491 e. The molecule has 0 saturated heterocycles. The molecule has 0 amide bonds. The van der Waals surface area contributed by atoms with Gasteiger partial charge in [-0.3, -0.25) is 0 Å². The molecule has 2 aromatic carbocycles. The van der Waals surface area contributed by atoms with E-state index in [1.165, 1.54) is 0 Å². The third kappa shape index (κ3) is 5.34. The molecule has 0 radical (unpaired) electrons. The molecule has 120 valence electrons. The van der Waals surface area contributed by atoms with Crippen molar-refractivity contribution < 1.29 is 9.84 Å². The van der Waals surface area contributed by atoms with E-state index in [0.29, 0.717) is 6.42 Å². The third-order valence-corrected chi connectivity index (χ3v) is 3.34. The molecule has 0 heterocycles. The van der Waals surface area contributed by atoms with Gasteiger partial charge in [-0.1, -0.05) is 42.5 Å².